The van der Waals surface area contributed by atoms with Crippen molar-refractivity contribution in [1.29, 1.82) is 0 Å². The van der Waals surface area contributed by atoms with E-state index in [1.807, 2.05) is 0 Å². The predicted molar refractivity (Wildman–Crippen MR) is 77.7 cm³/mol. The molecule has 3 nitrogen and oxygen atoms in total. The Labute approximate surface area is 113 Å². The molecule has 2 aliphatic rings. The van der Waals surface area contributed by atoms with Crippen LogP contribution in [-0.2, 0) is 0 Å². The molecule has 3 heteroatoms. The first kappa shape index (κ1) is 14.3. The number of piperazine rings is 1. The zero-order valence-electron chi connectivity index (χ0n) is 12.7. The summed E-state index contributed by atoms with van der Waals surface area (Å²) in [5.74, 6) is 0. The zero-order valence-corrected chi connectivity index (χ0v) is 12.7. The first-order chi connectivity index (χ1) is 8.45. The Morgan fingerprint density at radius 3 is 2.61 bits per heavy atom. The normalized spacial score (nSPS) is 38.8. The fourth-order valence-electron chi connectivity index (χ4n) is 3.84. The number of likely N-dealkylation sites (N-methyl/N-ethyl adjacent to an activating group) is 1. The van der Waals surface area contributed by atoms with Gasteiger partial charge in [-0.1, -0.05) is 27.2 Å². The molecule has 0 bridgehead atoms. The van der Waals surface area contributed by atoms with Crippen molar-refractivity contribution >= 4 is 0 Å². The summed E-state index contributed by atoms with van der Waals surface area (Å²) in [5, 5.41) is 0. The molecular formula is C15H31N3. The van der Waals surface area contributed by atoms with E-state index in [0.29, 0.717) is 23.5 Å². The number of nitrogens with two attached hydrogens (primary N) is 1. The summed E-state index contributed by atoms with van der Waals surface area (Å²) in [7, 11) is 0. The molecular weight excluding hydrogens is 222 g/mol. The topological polar surface area (TPSA) is 32.5 Å². The summed E-state index contributed by atoms with van der Waals surface area (Å²) in [6, 6.07) is 1.63. The Morgan fingerprint density at radius 2 is 2.00 bits per heavy atom. The number of hydrogen-bond donors (Lipinski definition) is 1. The van der Waals surface area contributed by atoms with Gasteiger partial charge in [0.1, 0.15) is 0 Å². The lowest BCUT2D eigenvalue weighted by Gasteiger charge is -2.50. The molecule has 0 aromatic heterocycles. The number of rotatable bonds is 2. The fraction of sp³-hybridized carbons (Fsp3) is 1.00. The average molecular weight is 253 g/mol. The van der Waals surface area contributed by atoms with Crippen molar-refractivity contribution in [2.24, 2.45) is 11.1 Å². The molecule has 1 saturated heterocycles. The van der Waals surface area contributed by atoms with Crippen molar-refractivity contribution in [3.8, 4) is 0 Å². The standard InChI is InChI=1S/C15H31N3/c1-5-17-9-10-18(11-12(17)2)13-7-6-8-15(3,4)14(13)16/h12-14H,5-11,16H2,1-4H3. The molecule has 106 valence electrons. The minimum atomic E-state index is 0.314. The van der Waals surface area contributed by atoms with E-state index in [0.717, 1.165) is 0 Å². The van der Waals surface area contributed by atoms with E-state index in [1.54, 1.807) is 0 Å². The largest absolute Gasteiger partial charge is 0.326 e. The maximum Gasteiger partial charge on any atom is 0.0253 e. The molecule has 1 aliphatic heterocycles. The third-order valence-corrected chi connectivity index (χ3v) is 5.31. The van der Waals surface area contributed by atoms with Crippen LogP contribution in [0.3, 0.4) is 0 Å². The summed E-state index contributed by atoms with van der Waals surface area (Å²) in [6.45, 7) is 14.1. The molecule has 2 fully saturated rings. The highest BCUT2D eigenvalue weighted by atomic mass is 15.3. The second-order valence-corrected chi connectivity index (χ2v) is 6.95. The Balaban J connectivity index is 2.00. The van der Waals surface area contributed by atoms with Crippen molar-refractivity contribution in [3.05, 3.63) is 0 Å². The molecule has 1 heterocycles. The van der Waals surface area contributed by atoms with E-state index in [9.17, 15) is 0 Å². The predicted octanol–water partition coefficient (Wildman–Crippen LogP) is 1.92. The molecule has 0 amide bonds. The molecule has 0 radical (unpaired) electrons. The minimum absolute atomic E-state index is 0.314. The van der Waals surface area contributed by atoms with E-state index < -0.39 is 0 Å². The highest BCUT2D eigenvalue weighted by molar-refractivity contribution is 4.98. The van der Waals surface area contributed by atoms with Gasteiger partial charge in [-0.2, -0.15) is 0 Å². The van der Waals surface area contributed by atoms with Crippen LogP contribution in [0, 0.1) is 5.41 Å². The monoisotopic (exact) mass is 253 g/mol. The van der Waals surface area contributed by atoms with Crippen LogP contribution in [0.25, 0.3) is 0 Å². The van der Waals surface area contributed by atoms with Gasteiger partial charge in [-0.05, 0) is 31.7 Å². The van der Waals surface area contributed by atoms with Gasteiger partial charge in [-0.3, -0.25) is 9.80 Å². The van der Waals surface area contributed by atoms with Crippen molar-refractivity contribution in [1.82, 2.24) is 9.80 Å². The van der Waals surface area contributed by atoms with Gasteiger partial charge in [0.25, 0.3) is 0 Å². The zero-order chi connectivity index (χ0) is 13.3. The molecule has 18 heavy (non-hydrogen) atoms. The van der Waals surface area contributed by atoms with Gasteiger partial charge in [-0.15, -0.1) is 0 Å². The maximum absolute atomic E-state index is 6.54. The molecule has 0 aromatic rings. The van der Waals surface area contributed by atoms with E-state index in [4.69, 9.17) is 5.73 Å². The van der Waals surface area contributed by atoms with Gasteiger partial charge in [0.2, 0.25) is 0 Å². The lowest BCUT2D eigenvalue weighted by molar-refractivity contribution is 0.0114. The quantitative estimate of drug-likeness (QED) is 0.816. The first-order valence-corrected chi connectivity index (χ1v) is 7.69. The van der Waals surface area contributed by atoms with Crippen LogP contribution < -0.4 is 5.73 Å². The first-order valence-electron chi connectivity index (χ1n) is 7.69. The molecule has 0 spiro atoms. The number of nitrogens with zero attached hydrogens (tertiary/aromatic N) is 2. The summed E-state index contributed by atoms with van der Waals surface area (Å²) in [5.41, 5.74) is 6.86. The summed E-state index contributed by atoms with van der Waals surface area (Å²) >= 11 is 0. The molecule has 2 rings (SSSR count). The Hall–Kier alpha value is -0.120. The van der Waals surface area contributed by atoms with Crippen molar-refractivity contribution in [2.45, 2.75) is 65.1 Å². The van der Waals surface area contributed by atoms with E-state index in [-0.39, 0.29) is 0 Å². The Morgan fingerprint density at radius 1 is 1.28 bits per heavy atom. The minimum Gasteiger partial charge on any atom is -0.326 e. The van der Waals surface area contributed by atoms with Crippen LogP contribution in [0.1, 0.15) is 47.0 Å². The van der Waals surface area contributed by atoms with E-state index in [1.165, 1.54) is 45.4 Å². The van der Waals surface area contributed by atoms with Crippen molar-refractivity contribution < 1.29 is 0 Å². The Kier molecular flexibility index (Phi) is 4.35. The third-order valence-electron chi connectivity index (χ3n) is 5.31. The van der Waals surface area contributed by atoms with Gasteiger partial charge in [0, 0.05) is 37.8 Å². The molecule has 3 atom stereocenters. The third kappa shape index (κ3) is 2.73. The Bertz CT molecular complexity index is 277. The second-order valence-electron chi connectivity index (χ2n) is 6.95. The highest BCUT2D eigenvalue weighted by Gasteiger charge is 2.40. The van der Waals surface area contributed by atoms with Crippen LogP contribution in [-0.4, -0.2) is 54.1 Å². The van der Waals surface area contributed by atoms with Crippen LogP contribution in [0.5, 0.6) is 0 Å². The molecule has 1 saturated carbocycles. The smallest absolute Gasteiger partial charge is 0.0253 e. The molecule has 1 aliphatic carbocycles. The SMILES string of the molecule is CCN1CCN(C2CCCC(C)(C)C2N)CC1C. The van der Waals surface area contributed by atoms with Gasteiger partial charge in [-0.25, -0.2) is 0 Å². The van der Waals surface area contributed by atoms with Crippen LogP contribution in [0.4, 0.5) is 0 Å². The van der Waals surface area contributed by atoms with Crippen LogP contribution in [0.15, 0.2) is 0 Å². The van der Waals surface area contributed by atoms with Crippen LogP contribution >= 0.6 is 0 Å². The molecule has 0 aromatic carbocycles. The maximum atomic E-state index is 6.54. The molecule has 2 N–H and O–H groups in total. The van der Waals surface area contributed by atoms with Gasteiger partial charge >= 0.3 is 0 Å². The summed E-state index contributed by atoms with van der Waals surface area (Å²) in [6.07, 6.45) is 3.92. The van der Waals surface area contributed by atoms with Gasteiger partial charge in [0.15, 0.2) is 0 Å². The lowest BCUT2D eigenvalue weighted by atomic mass is 9.70. The van der Waals surface area contributed by atoms with Gasteiger partial charge < -0.3 is 5.73 Å². The molecule has 3 unspecified atom stereocenters. The summed E-state index contributed by atoms with van der Waals surface area (Å²) in [4.78, 5) is 5.25. The number of hydrogen-bond acceptors (Lipinski definition) is 3. The summed E-state index contributed by atoms with van der Waals surface area (Å²) < 4.78 is 0. The van der Waals surface area contributed by atoms with E-state index >= 15 is 0 Å². The fourth-order valence-corrected chi connectivity index (χ4v) is 3.84. The van der Waals surface area contributed by atoms with Crippen LogP contribution in [0.2, 0.25) is 0 Å². The average Bonchev–Trinajstić information content (AvgIpc) is 2.32. The lowest BCUT2D eigenvalue weighted by Crippen LogP contribution is -2.62. The van der Waals surface area contributed by atoms with Gasteiger partial charge in [0.05, 0.1) is 0 Å². The van der Waals surface area contributed by atoms with Crippen molar-refractivity contribution in [2.75, 3.05) is 26.2 Å². The van der Waals surface area contributed by atoms with Crippen molar-refractivity contribution in [3.63, 3.8) is 0 Å². The second kappa shape index (κ2) is 5.48. The highest BCUT2D eigenvalue weighted by Crippen LogP contribution is 2.37. The van der Waals surface area contributed by atoms with E-state index in [2.05, 4.69) is 37.5 Å².